The van der Waals surface area contributed by atoms with Crippen molar-refractivity contribution in [3.8, 4) is 0 Å². The van der Waals surface area contributed by atoms with Crippen molar-refractivity contribution in [1.29, 1.82) is 0 Å². The van der Waals surface area contributed by atoms with Gasteiger partial charge >= 0.3 is 0 Å². The van der Waals surface area contributed by atoms with E-state index in [1.807, 2.05) is 55.6 Å². The highest BCUT2D eigenvalue weighted by atomic mass is 35.5. The predicted molar refractivity (Wildman–Crippen MR) is 94.4 cm³/mol. The molecule has 5 heteroatoms. The summed E-state index contributed by atoms with van der Waals surface area (Å²) in [5, 5.41) is 4.61. The molecule has 2 aromatic carbocycles. The standard InChI is InChI=1S/C16H16Cl2N2.ClH/c1-19-16(20-2)15(11-3-7-13(17)8-4-11)12-5-9-14(18)10-6-12;/h3-10,15H,1-2H3,(H,19,20);1H. The first-order chi connectivity index (χ1) is 9.65. The van der Waals surface area contributed by atoms with Gasteiger partial charge in [-0.2, -0.15) is 0 Å². The van der Waals surface area contributed by atoms with Gasteiger partial charge in [-0.25, -0.2) is 0 Å². The van der Waals surface area contributed by atoms with Crippen LogP contribution in [0.3, 0.4) is 0 Å². The zero-order valence-electron chi connectivity index (χ0n) is 11.8. The average molecular weight is 344 g/mol. The number of nitrogens with one attached hydrogen (secondary N) is 1. The van der Waals surface area contributed by atoms with Crippen LogP contribution in [0.25, 0.3) is 0 Å². The van der Waals surface area contributed by atoms with Crippen LogP contribution in [0.2, 0.25) is 10.0 Å². The van der Waals surface area contributed by atoms with E-state index in [4.69, 9.17) is 23.2 Å². The fraction of sp³-hybridized carbons (Fsp3) is 0.188. The van der Waals surface area contributed by atoms with Crippen LogP contribution in [0.1, 0.15) is 17.0 Å². The van der Waals surface area contributed by atoms with Crippen molar-refractivity contribution < 1.29 is 0 Å². The number of hydrogen-bond donors (Lipinski definition) is 1. The van der Waals surface area contributed by atoms with E-state index in [-0.39, 0.29) is 18.3 Å². The number of aliphatic imine (C=N–C) groups is 1. The maximum absolute atomic E-state index is 5.97. The third-order valence-corrected chi connectivity index (χ3v) is 3.68. The Balaban J connectivity index is 0.00000220. The minimum Gasteiger partial charge on any atom is -0.376 e. The Bertz CT molecular complexity index is 546. The van der Waals surface area contributed by atoms with Gasteiger partial charge < -0.3 is 5.32 Å². The van der Waals surface area contributed by atoms with Gasteiger partial charge in [-0.05, 0) is 35.4 Å². The SMILES string of the molecule is CN=C(NC)C(c1ccc(Cl)cc1)c1ccc(Cl)cc1.Cl. The molecular formula is C16H17Cl3N2. The lowest BCUT2D eigenvalue weighted by Crippen LogP contribution is -2.27. The zero-order valence-corrected chi connectivity index (χ0v) is 14.1. The zero-order chi connectivity index (χ0) is 14.5. The highest BCUT2D eigenvalue weighted by Gasteiger charge is 2.19. The van der Waals surface area contributed by atoms with Gasteiger partial charge in [0.2, 0.25) is 0 Å². The number of amidine groups is 1. The molecule has 0 radical (unpaired) electrons. The van der Waals surface area contributed by atoms with E-state index >= 15 is 0 Å². The van der Waals surface area contributed by atoms with Gasteiger partial charge in [-0.1, -0.05) is 47.5 Å². The quantitative estimate of drug-likeness (QED) is 0.628. The van der Waals surface area contributed by atoms with E-state index in [1.165, 1.54) is 0 Å². The van der Waals surface area contributed by atoms with Crippen molar-refractivity contribution in [3.05, 3.63) is 69.7 Å². The number of nitrogens with zero attached hydrogens (tertiary/aromatic N) is 1. The molecule has 0 aliphatic rings. The van der Waals surface area contributed by atoms with E-state index in [9.17, 15) is 0 Å². The number of benzene rings is 2. The number of rotatable bonds is 3. The minimum atomic E-state index is 0. The molecule has 2 rings (SSSR count). The van der Waals surface area contributed by atoms with E-state index in [1.54, 1.807) is 7.05 Å². The monoisotopic (exact) mass is 342 g/mol. The van der Waals surface area contributed by atoms with E-state index < -0.39 is 0 Å². The Kier molecular flexibility index (Phi) is 7.03. The Labute approximate surface area is 141 Å². The molecule has 0 spiro atoms. The molecule has 0 unspecified atom stereocenters. The summed E-state index contributed by atoms with van der Waals surface area (Å²) in [7, 11) is 3.66. The Hall–Kier alpha value is -1.22. The summed E-state index contributed by atoms with van der Waals surface area (Å²) in [5.74, 6) is 0.939. The molecule has 2 aromatic rings. The summed E-state index contributed by atoms with van der Waals surface area (Å²) in [5.41, 5.74) is 2.26. The van der Waals surface area contributed by atoms with Gasteiger partial charge in [-0.3, -0.25) is 4.99 Å². The van der Waals surface area contributed by atoms with Crippen LogP contribution >= 0.6 is 35.6 Å². The number of likely N-dealkylation sites (N-methyl/N-ethyl adjacent to an activating group) is 1. The van der Waals surface area contributed by atoms with Crippen molar-refractivity contribution in [2.24, 2.45) is 4.99 Å². The largest absolute Gasteiger partial charge is 0.376 e. The van der Waals surface area contributed by atoms with Crippen LogP contribution in [0, 0.1) is 0 Å². The maximum atomic E-state index is 5.97. The van der Waals surface area contributed by atoms with Crippen molar-refractivity contribution in [2.75, 3.05) is 14.1 Å². The van der Waals surface area contributed by atoms with Crippen LogP contribution in [-0.2, 0) is 0 Å². The molecule has 0 amide bonds. The van der Waals surface area contributed by atoms with Crippen molar-refractivity contribution >= 4 is 41.4 Å². The van der Waals surface area contributed by atoms with Crippen molar-refractivity contribution in [1.82, 2.24) is 5.32 Å². The van der Waals surface area contributed by atoms with Gasteiger partial charge in [-0.15, -0.1) is 12.4 Å². The third kappa shape index (κ3) is 4.37. The lowest BCUT2D eigenvalue weighted by Gasteiger charge is -2.20. The Morgan fingerprint density at radius 1 is 0.905 bits per heavy atom. The van der Waals surface area contributed by atoms with Gasteiger partial charge in [0.25, 0.3) is 0 Å². The normalized spacial score (nSPS) is 11.2. The third-order valence-electron chi connectivity index (χ3n) is 3.18. The molecule has 2 nitrogen and oxygen atoms in total. The average Bonchev–Trinajstić information content (AvgIpc) is 2.47. The van der Waals surface area contributed by atoms with Crippen LogP contribution < -0.4 is 5.32 Å². The van der Waals surface area contributed by atoms with Gasteiger partial charge in [0, 0.05) is 24.1 Å². The maximum Gasteiger partial charge on any atom is 0.108 e. The Morgan fingerprint density at radius 3 is 1.57 bits per heavy atom. The molecule has 0 aliphatic heterocycles. The fourth-order valence-corrected chi connectivity index (χ4v) is 2.46. The summed E-state index contributed by atoms with van der Waals surface area (Å²) < 4.78 is 0. The van der Waals surface area contributed by atoms with Crippen molar-refractivity contribution in [3.63, 3.8) is 0 Å². The van der Waals surface area contributed by atoms with Crippen LogP contribution in [0.4, 0.5) is 0 Å². The summed E-state index contributed by atoms with van der Waals surface area (Å²) in [6.07, 6.45) is 0. The van der Waals surface area contributed by atoms with Gasteiger partial charge in [0.05, 0.1) is 5.92 Å². The highest BCUT2D eigenvalue weighted by Crippen LogP contribution is 2.27. The van der Waals surface area contributed by atoms with E-state index in [2.05, 4.69) is 10.3 Å². The molecular weight excluding hydrogens is 327 g/mol. The van der Waals surface area contributed by atoms with E-state index in [0.717, 1.165) is 27.0 Å². The molecule has 0 atom stereocenters. The molecule has 0 heterocycles. The number of halogens is 3. The highest BCUT2D eigenvalue weighted by molar-refractivity contribution is 6.30. The number of hydrogen-bond acceptors (Lipinski definition) is 1. The first-order valence-corrected chi connectivity index (χ1v) is 7.06. The smallest absolute Gasteiger partial charge is 0.108 e. The molecule has 0 aromatic heterocycles. The molecule has 21 heavy (non-hydrogen) atoms. The molecule has 112 valence electrons. The van der Waals surface area contributed by atoms with Crippen molar-refractivity contribution in [2.45, 2.75) is 5.92 Å². The van der Waals surface area contributed by atoms with Crippen LogP contribution in [-0.4, -0.2) is 19.9 Å². The topological polar surface area (TPSA) is 24.4 Å². The Morgan fingerprint density at radius 2 is 1.29 bits per heavy atom. The lowest BCUT2D eigenvalue weighted by atomic mass is 9.90. The predicted octanol–water partition coefficient (Wildman–Crippen LogP) is 4.79. The van der Waals surface area contributed by atoms with Gasteiger partial charge in [0.1, 0.15) is 5.84 Å². The second kappa shape index (κ2) is 8.28. The summed E-state index contributed by atoms with van der Waals surface area (Å²) in [4.78, 5) is 4.34. The molecule has 1 N–H and O–H groups in total. The molecule has 0 fully saturated rings. The summed E-state index contributed by atoms with van der Waals surface area (Å²) >= 11 is 11.9. The first-order valence-electron chi connectivity index (χ1n) is 6.31. The minimum absolute atomic E-state index is 0. The van der Waals surface area contributed by atoms with E-state index in [0.29, 0.717) is 0 Å². The summed E-state index contributed by atoms with van der Waals surface area (Å²) in [6, 6.07) is 15.6. The molecule has 0 saturated heterocycles. The second-order valence-corrected chi connectivity index (χ2v) is 5.27. The van der Waals surface area contributed by atoms with Gasteiger partial charge in [0.15, 0.2) is 0 Å². The summed E-state index contributed by atoms with van der Waals surface area (Å²) in [6.45, 7) is 0. The molecule has 0 bridgehead atoms. The lowest BCUT2D eigenvalue weighted by molar-refractivity contribution is 0.979. The first kappa shape index (κ1) is 17.8. The molecule has 0 saturated carbocycles. The van der Waals surface area contributed by atoms with Crippen LogP contribution in [0.15, 0.2) is 53.5 Å². The fourth-order valence-electron chi connectivity index (χ4n) is 2.20. The molecule has 0 aliphatic carbocycles. The van der Waals surface area contributed by atoms with Crippen LogP contribution in [0.5, 0.6) is 0 Å². The second-order valence-electron chi connectivity index (χ2n) is 4.39.